The highest BCUT2D eigenvalue weighted by Gasteiger charge is 2.42. The molecule has 19 nitrogen and oxygen atoms in total. The molecule has 0 spiro atoms. The van der Waals surface area contributed by atoms with Crippen molar-refractivity contribution in [3.05, 3.63) is 282 Å². The summed E-state index contributed by atoms with van der Waals surface area (Å²) in [5.74, 6) is -6.70. The van der Waals surface area contributed by atoms with Crippen LogP contribution in [0.15, 0.2) is 186 Å². The van der Waals surface area contributed by atoms with Gasteiger partial charge in [0.25, 0.3) is 0 Å². The van der Waals surface area contributed by atoms with Crippen LogP contribution in [0.4, 0.5) is 105 Å². The normalized spacial score (nSPS) is 14.1. The average molecular weight is 1980 g/mol. The van der Waals surface area contributed by atoms with Gasteiger partial charge in [-0.05, 0) is 191 Å². The summed E-state index contributed by atoms with van der Waals surface area (Å²) < 4.78 is 341. The molecular formula is C89H61BBrF24N3O16. The van der Waals surface area contributed by atoms with E-state index in [9.17, 15) is 134 Å². The van der Waals surface area contributed by atoms with Crippen molar-refractivity contribution in [1.82, 2.24) is 15.0 Å². The van der Waals surface area contributed by atoms with Gasteiger partial charge in [-0.15, -0.1) is 52.7 Å². The Bertz CT molecular complexity index is 6280. The van der Waals surface area contributed by atoms with E-state index in [1.165, 1.54) is 70.1 Å². The van der Waals surface area contributed by atoms with Crippen LogP contribution in [-0.2, 0) is 50.6 Å². The van der Waals surface area contributed by atoms with Crippen LogP contribution in [0.5, 0.6) is 51.7 Å². The van der Waals surface area contributed by atoms with Gasteiger partial charge in [-0.2, -0.15) is 39.5 Å². The van der Waals surface area contributed by atoms with Gasteiger partial charge in [0.15, 0.2) is 29.4 Å². The zero-order chi connectivity index (χ0) is 98.8. The van der Waals surface area contributed by atoms with E-state index in [2.05, 4.69) is 49.8 Å². The number of aromatic nitrogens is 3. The molecule has 3 heterocycles. The number of hydrogen-bond donors (Lipinski definition) is 3. The molecule has 0 radical (unpaired) electrons. The predicted octanol–water partition coefficient (Wildman–Crippen LogP) is 22.0. The van der Waals surface area contributed by atoms with Gasteiger partial charge in [0, 0.05) is 141 Å². The lowest BCUT2D eigenvalue weighted by atomic mass is 9.80. The number of phenols is 1. The number of alkyl halides is 21. The topological polar surface area (TPSA) is 259 Å². The van der Waals surface area contributed by atoms with Gasteiger partial charge in [-0.25, -0.2) is 13.2 Å². The van der Waals surface area contributed by atoms with Gasteiger partial charge < -0.3 is 53.0 Å². The summed E-state index contributed by atoms with van der Waals surface area (Å²) in [6.45, 7) is 0. The molecule has 15 rings (SSSR count). The van der Waals surface area contributed by atoms with E-state index in [0.717, 1.165) is 124 Å². The van der Waals surface area contributed by atoms with E-state index in [1.807, 2.05) is 12.1 Å². The lowest BCUT2D eigenvalue weighted by Gasteiger charge is -2.14. The Morgan fingerprint density at radius 3 is 1.23 bits per heavy atom. The monoisotopic (exact) mass is 1970 g/mol. The summed E-state index contributed by atoms with van der Waals surface area (Å²) in [7, 11) is 3.47. The molecule has 4 aliphatic carbocycles. The number of aromatic hydroxyl groups is 1. The molecule has 3 N–H and O–H groups in total. The van der Waals surface area contributed by atoms with Crippen molar-refractivity contribution in [2.24, 2.45) is 5.92 Å². The van der Waals surface area contributed by atoms with Crippen LogP contribution in [0, 0.1) is 23.4 Å². The summed E-state index contributed by atoms with van der Waals surface area (Å²) in [5, 5.41) is 27.5. The number of ketones is 4. The maximum atomic E-state index is 14.7. The maximum Gasteiger partial charge on any atom is 0.573 e. The van der Waals surface area contributed by atoms with E-state index in [-0.39, 0.29) is 105 Å². The number of benzene rings is 8. The minimum atomic E-state index is -4.99. The van der Waals surface area contributed by atoms with E-state index in [1.54, 1.807) is 19.2 Å². The second-order valence-electron chi connectivity index (χ2n) is 28.5. The number of pyridine rings is 3. The molecule has 45 heteroatoms. The van der Waals surface area contributed by atoms with Gasteiger partial charge in [-0.3, -0.25) is 38.9 Å². The molecule has 0 bridgehead atoms. The Labute approximate surface area is 748 Å². The van der Waals surface area contributed by atoms with E-state index in [0.29, 0.717) is 59.7 Å². The quantitative estimate of drug-likeness (QED) is 0.0351. The van der Waals surface area contributed by atoms with Gasteiger partial charge in [0.05, 0.1) is 61.0 Å². The van der Waals surface area contributed by atoms with E-state index >= 15 is 0 Å². The van der Waals surface area contributed by atoms with E-state index in [4.69, 9.17) is 29.0 Å². The number of fused-ring (bicyclic) bond motifs is 4. The molecule has 0 fully saturated rings. The first kappa shape index (κ1) is 102. The number of hydrogen-bond acceptors (Lipinski definition) is 19. The van der Waals surface area contributed by atoms with Crippen molar-refractivity contribution in [2.45, 2.75) is 88.9 Å². The highest BCUT2D eigenvalue weighted by molar-refractivity contribution is 9.10. The van der Waals surface area contributed by atoms with Crippen LogP contribution in [-0.4, -0.2) is 121 Å². The number of carbonyl (C=O) groups is 5. The van der Waals surface area contributed by atoms with Crippen molar-refractivity contribution < 1.29 is 182 Å². The third-order valence-electron chi connectivity index (χ3n) is 19.8. The molecule has 706 valence electrons. The van der Waals surface area contributed by atoms with Crippen LogP contribution in [0.3, 0.4) is 0 Å². The number of aldehydes is 1. The Balaban J connectivity index is 0.000000175. The number of ether oxygens (including phenoxy) is 8. The van der Waals surface area contributed by atoms with Crippen molar-refractivity contribution in [3.8, 4) is 85.1 Å². The molecule has 0 aliphatic heterocycles. The molecule has 11 aromatic rings. The van der Waals surface area contributed by atoms with Gasteiger partial charge in [0.2, 0.25) is 0 Å². The number of rotatable bonds is 16. The first-order valence-electron chi connectivity index (χ1n) is 38.1. The number of Topliss-reactive ketones (excluding diaryl/α,β-unsaturated/α-hetero) is 4. The molecule has 3 aromatic heterocycles. The van der Waals surface area contributed by atoms with Gasteiger partial charge in [-0.1, -0.05) is 6.07 Å². The minimum absolute atomic E-state index is 0.00996. The number of allylic oxidation sites excluding steroid dienone is 1. The summed E-state index contributed by atoms with van der Waals surface area (Å²) >= 11 is 3.39. The smallest absolute Gasteiger partial charge is 0.507 e. The molecule has 1 unspecified atom stereocenters. The standard InChI is InChI=1S/C24H16F7NO3.C24H15F6NO4.C17H12F4O3.C10H9BrO2.C7H5BF4O3.C7H4F3NO/c1-34-21-11-16-12(8-17(21)15-5-4-14(10-19(15)25)35-24(29,30)31)7-13(22(16)33)9-20-18(23(26,27)28)3-2-6-32-20;1-34-21-11-16-12(8-17(21)15-5-4-14(10-20(15)32)35-24(28,29)30)7-13(22(16)33)9-19-18(23(25,26)27)3-2-6-31-19;1-23-16-8-12-9(2-5-15(12)22)6-13(16)11-4-3-10(7-14(11)18)24-17(19,20)21;1-13-10-5-7-6(4-8(10)11)2-3-9(7)12;9-6-3-4(15-7(10,11)12)1-2-5(6)8(13)14;8-7(9,10)5-2-1-3-11-6(5)4-12/h2-6,8,10-11,13H,7,9H2,1H3;2-6,8-11,32H,7H2,1H3;3-4,6-8H,2,5H2,1H3;4-5H,2-3H2,1H3;1-3,13-14H;1-4H/b;13-9+;;;;. The van der Waals surface area contributed by atoms with Crippen LogP contribution < -0.4 is 43.4 Å². The fourth-order valence-electron chi connectivity index (χ4n) is 14.0. The Kier molecular flexibility index (Phi) is 31.8. The first-order valence-corrected chi connectivity index (χ1v) is 38.9. The molecule has 8 aromatic carbocycles. The maximum absolute atomic E-state index is 14.7. The number of phenolic OH excluding ortho intramolecular Hbond substituents is 1. The summed E-state index contributed by atoms with van der Waals surface area (Å²) in [4.78, 5) is 70.0. The lowest BCUT2D eigenvalue weighted by Crippen LogP contribution is -2.32. The summed E-state index contributed by atoms with van der Waals surface area (Å²) in [6, 6.07) is 29.1. The van der Waals surface area contributed by atoms with Gasteiger partial charge in [0.1, 0.15) is 74.9 Å². The summed E-state index contributed by atoms with van der Waals surface area (Å²) in [6.07, 6.45) is -26.6. The Hall–Kier alpha value is -13.7. The van der Waals surface area contributed by atoms with Crippen molar-refractivity contribution in [1.29, 1.82) is 0 Å². The second-order valence-corrected chi connectivity index (χ2v) is 29.3. The zero-order valence-electron chi connectivity index (χ0n) is 68.4. The lowest BCUT2D eigenvalue weighted by molar-refractivity contribution is -0.275. The SMILES string of the molecule is COc1cc2c(cc1-c1ccc(OC(F)(F)F)cc1F)CC(Cc1ncccc1C(F)(F)F)C2=O.COc1cc2c(cc1-c1ccc(OC(F)(F)F)cc1F)CCC2=O.COc1cc2c(cc1-c1ccc(OC(F)(F)F)cc1O)C/C(=C\c1ncccc1C(F)(F)F)C2=O.COc1cc2c(cc1Br)CCC2=O.O=Cc1ncccc1C(F)(F)F.OB(O)c1ccc(OC(F)(F)F)cc1F. The molecule has 0 amide bonds. The number of aryl methyl sites for hydroxylation is 2. The van der Waals surface area contributed by atoms with Crippen molar-refractivity contribution >= 4 is 64.0 Å². The third kappa shape index (κ3) is 26.2. The number of nitrogens with zero attached hydrogens (tertiary/aromatic N) is 3. The van der Waals surface area contributed by atoms with Crippen molar-refractivity contribution in [2.75, 3.05) is 28.4 Å². The molecule has 0 saturated heterocycles. The molecule has 0 saturated carbocycles. The van der Waals surface area contributed by atoms with Crippen LogP contribution in [0.1, 0.15) is 115 Å². The van der Waals surface area contributed by atoms with Gasteiger partial charge >= 0.3 is 51.1 Å². The fourth-order valence-corrected chi connectivity index (χ4v) is 14.5. The number of halogens is 25. The predicted molar refractivity (Wildman–Crippen MR) is 430 cm³/mol. The average Bonchev–Trinajstić information content (AvgIpc) is 1.60. The van der Waals surface area contributed by atoms with Crippen LogP contribution in [0.2, 0.25) is 0 Å². The number of methoxy groups -OCH3 is 4. The second kappa shape index (κ2) is 41.6. The molecule has 1 atom stereocenters. The van der Waals surface area contributed by atoms with Crippen LogP contribution >= 0.6 is 15.9 Å². The zero-order valence-corrected chi connectivity index (χ0v) is 70.0. The third-order valence-corrected chi connectivity index (χ3v) is 20.4. The number of carbonyl (C=O) groups excluding carboxylic acids is 5. The molecule has 134 heavy (non-hydrogen) atoms. The van der Waals surface area contributed by atoms with E-state index < -0.39 is 148 Å². The highest BCUT2D eigenvalue weighted by atomic mass is 79.9. The highest BCUT2D eigenvalue weighted by Crippen LogP contribution is 2.47. The first-order chi connectivity index (χ1) is 62.6. The molecular weight excluding hydrogens is 1910 g/mol. The largest absolute Gasteiger partial charge is 0.573 e. The summed E-state index contributed by atoms with van der Waals surface area (Å²) in [5.41, 5.74) is 0.847. The minimum Gasteiger partial charge on any atom is -0.507 e. The van der Waals surface area contributed by atoms with Crippen molar-refractivity contribution in [3.63, 3.8) is 0 Å². The Morgan fingerprint density at radius 2 is 0.799 bits per heavy atom. The fraction of sp³-hybridized carbons (Fsp3) is 0.213. The van der Waals surface area contributed by atoms with Crippen LogP contribution in [0.25, 0.3) is 39.5 Å². The molecule has 4 aliphatic rings. The Morgan fingerprint density at radius 1 is 0.410 bits per heavy atom.